The van der Waals surface area contributed by atoms with Crippen molar-refractivity contribution in [1.82, 2.24) is 10.3 Å². The van der Waals surface area contributed by atoms with E-state index in [0.717, 1.165) is 4.90 Å². The lowest BCUT2D eigenvalue weighted by atomic mass is 10.2. The van der Waals surface area contributed by atoms with Gasteiger partial charge in [0.25, 0.3) is 5.91 Å². The smallest absolute Gasteiger partial charge is 0.271 e. The van der Waals surface area contributed by atoms with Crippen molar-refractivity contribution in [2.24, 2.45) is 5.10 Å². The molecule has 21 heavy (non-hydrogen) atoms. The number of likely N-dealkylation sites (tertiary alicyclic amines) is 1. The summed E-state index contributed by atoms with van der Waals surface area (Å²) in [6.45, 7) is 1.73. The fraction of sp³-hybridized carbons (Fsp3) is 0.286. The number of hydrogen-bond donors (Lipinski definition) is 1. The molecule has 2 rings (SSSR count). The molecule has 1 aromatic rings. The van der Waals surface area contributed by atoms with Gasteiger partial charge in [0.05, 0.1) is 12.3 Å². The molecular formula is C14H14ClN3O3. The van der Waals surface area contributed by atoms with Crippen molar-refractivity contribution in [1.29, 1.82) is 0 Å². The van der Waals surface area contributed by atoms with Gasteiger partial charge in [0, 0.05) is 23.4 Å². The number of nitrogens with one attached hydrogen (secondary N) is 1. The monoisotopic (exact) mass is 307 g/mol. The van der Waals surface area contributed by atoms with Gasteiger partial charge in [-0.1, -0.05) is 17.7 Å². The van der Waals surface area contributed by atoms with Crippen LogP contribution in [0, 0.1) is 0 Å². The quantitative estimate of drug-likeness (QED) is 0.521. The highest BCUT2D eigenvalue weighted by Gasteiger charge is 2.28. The minimum atomic E-state index is -0.407. The van der Waals surface area contributed by atoms with Crippen molar-refractivity contribution in [2.45, 2.75) is 19.8 Å². The molecule has 0 unspecified atom stereocenters. The van der Waals surface area contributed by atoms with Gasteiger partial charge >= 0.3 is 0 Å². The zero-order valence-corrected chi connectivity index (χ0v) is 12.2. The maximum absolute atomic E-state index is 11.8. The summed E-state index contributed by atoms with van der Waals surface area (Å²) in [5, 5.41) is 4.35. The molecule has 0 aliphatic carbocycles. The summed E-state index contributed by atoms with van der Waals surface area (Å²) < 4.78 is 0. The van der Waals surface area contributed by atoms with E-state index in [4.69, 9.17) is 11.6 Å². The van der Waals surface area contributed by atoms with Crippen molar-refractivity contribution in [2.75, 3.05) is 6.54 Å². The second-order valence-corrected chi connectivity index (χ2v) is 5.11. The predicted molar refractivity (Wildman–Crippen MR) is 78.0 cm³/mol. The number of halogens is 1. The molecule has 0 spiro atoms. The lowest BCUT2D eigenvalue weighted by molar-refractivity contribution is -0.137. The van der Waals surface area contributed by atoms with E-state index in [1.807, 2.05) is 0 Å². The van der Waals surface area contributed by atoms with E-state index in [2.05, 4.69) is 10.5 Å². The Kier molecular flexibility index (Phi) is 4.70. The number of benzene rings is 1. The van der Waals surface area contributed by atoms with Crippen LogP contribution in [0.25, 0.3) is 0 Å². The highest BCUT2D eigenvalue weighted by atomic mass is 35.5. The maximum Gasteiger partial charge on any atom is 0.271 e. The van der Waals surface area contributed by atoms with Crippen LogP contribution in [0.5, 0.6) is 0 Å². The van der Waals surface area contributed by atoms with Crippen LogP contribution in [0.15, 0.2) is 29.4 Å². The summed E-state index contributed by atoms with van der Waals surface area (Å²) in [7, 11) is 0. The van der Waals surface area contributed by atoms with Gasteiger partial charge in [-0.3, -0.25) is 19.3 Å². The largest absolute Gasteiger partial charge is 0.277 e. The number of rotatable bonds is 4. The molecule has 0 aromatic heterocycles. The van der Waals surface area contributed by atoms with E-state index < -0.39 is 5.91 Å². The van der Waals surface area contributed by atoms with Crippen LogP contribution in [0.1, 0.15) is 30.1 Å². The molecular weight excluding hydrogens is 294 g/mol. The first-order valence-electron chi connectivity index (χ1n) is 6.39. The predicted octanol–water partition coefficient (Wildman–Crippen LogP) is 1.59. The Bertz CT molecular complexity index is 612. The zero-order chi connectivity index (χ0) is 15.4. The Morgan fingerprint density at radius 2 is 2.00 bits per heavy atom. The molecule has 0 saturated carbocycles. The molecule has 0 radical (unpaired) electrons. The number of carbonyl (C=O) groups is 3. The van der Waals surface area contributed by atoms with Crippen LogP contribution in [0.3, 0.4) is 0 Å². The fourth-order valence-electron chi connectivity index (χ4n) is 1.90. The number of hydrazone groups is 1. The lowest BCUT2D eigenvalue weighted by Gasteiger charge is -2.13. The van der Waals surface area contributed by atoms with Gasteiger partial charge < -0.3 is 0 Å². The average Bonchev–Trinajstić information content (AvgIpc) is 2.76. The van der Waals surface area contributed by atoms with E-state index in [-0.39, 0.29) is 31.2 Å². The second kappa shape index (κ2) is 6.49. The third-order valence-electron chi connectivity index (χ3n) is 2.98. The van der Waals surface area contributed by atoms with Crippen molar-refractivity contribution in [3.8, 4) is 0 Å². The van der Waals surface area contributed by atoms with E-state index in [9.17, 15) is 14.4 Å². The molecule has 1 aromatic carbocycles. The zero-order valence-electron chi connectivity index (χ0n) is 11.4. The number of carbonyl (C=O) groups excluding carboxylic acids is 3. The van der Waals surface area contributed by atoms with Crippen molar-refractivity contribution in [3.05, 3.63) is 34.9 Å². The van der Waals surface area contributed by atoms with Crippen molar-refractivity contribution in [3.63, 3.8) is 0 Å². The topological polar surface area (TPSA) is 78.8 Å². The van der Waals surface area contributed by atoms with Gasteiger partial charge in [-0.05, 0) is 25.1 Å². The first-order chi connectivity index (χ1) is 9.97. The van der Waals surface area contributed by atoms with E-state index >= 15 is 0 Å². The van der Waals surface area contributed by atoms with Gasteiger partial charge in [-0.25, -0.2) is 5.43 Å². The SMILES string of the molecule is CC(CN1C(=O)CCC1=O)=NNC(=O)c1cccc(Cl)c1. The third-order valence-corrected chi connectivity index (χ3v) is 3.21. The van der Waals surface area contributed by atoms with Gasteiger partial charge in [0.2, 0.25) is 11.8 Å². The highest BCUT2D eigenvalue weighted by molar-refractivity contribution is 6.30. The number of imide groups is 1. The summed E-state index contributed by atoms with van der Waals surface area (Å²) in [6.07, 6.45) is 0.474. The number of nitrogens with zero attached hydrogens (tertiary/aromatic N) is 2. The van der Waals surface area contributed by atoms with Gasteiger partial charge in [-0.2, -0.15) is 5.10 Å². The first kappa shape index (κ1) is 15.2. The molecule has 1 aliphatic heterocycles. The van der Waals surface area contributed by atoms with Crippen molar-refractivity contribution < 1.29 is 14.4 Å². The highest BCUT2D eigenvalue weighted by Crippen LogP contribution is 2.12. The van der Waals surface area contributed by atoms with Gasteiger partial charge in [-0.15, -0.1) is 0 Å². The molecule has 3 amide bonds. The summed E-state index contributed by atoms with van der Waals surface area (Å²) in [6, 6.07) is 6.46. The standard InChI is InChI=1S/C14H14ClN3O3/c1-9(8-18-12(19)5-6-13(18)20)16-17-14(21)10-3-2-4-11(15)7-10/h2-4,7H,5-6,8H2,1H3,(H,17,21). The summed E-state index contributed by atoms with van der Waals surface area (Å²) in [4.78, 5) is 35.9. The average molecular weight is 308 g/mol. The Labute approximate surface area is 126 Å². The maximum atomic E-state index is 11.8. The van der Waals surface area contributed by atoms with Crippen LogP contribution in [-0.2, 0) is 9.59 Å². The third kappa shape index (κ3) is 3.88. The molecule has 7 heteroatoms. The Morgan fingerprint density at radius 1 is 1.33 bits per heavy atom. The summed E-state index contributed by atoms with van der Waals surface area (Å²) >= 11 is 5.80. The molecule has 1 fully saturated rings. The molecule has 0 bridgehead atoms. The summed E-state index contributed by atoms with van der Waals surface area (Å²) in [5.74, 6) is -0.831. The number of hydrogen-bond acceptors (Lipinski definition) is 4. The molecule has 0 atom stereocenters. The van der Waals surface area contributed by atoms with Crippen molar-refractivity contribution >= 4 is 35.0 Å². The molecule has 6 nitrogen and oxygen atoms in total. The van der Waals surface area contributed by atoms with Crippen LogP contribution in [0.4, 0.5) is 0 Å². The minimum Gasteiger partial charge on any atom is -0.277 e. The minimum absolute atomic E-state index is 0.0908. The fourth-order valence-corrected chi connectivity index (χ4v) is 2.09. The Hall–Kier alpha value is -2.21. The molecule has 110 valence electrons. The first-order valence-corrected chi connectivity index (χ1v) is 6.77. The van der Waals surface area contributed by atoms with Crippen LogP contribution in [-0.4, -0.2) is 34.9 Å². The lowest BCUT2D eigenvalue weighted by Crippen LogP contribution is -2.34. The number of amides is 3. The van der Waals surface area contributed by atoms with E-state index in [1.165, 1.54) is 6.07 Å². The van der Waals surface area contributed by atoms with Crippen LogP contribution in [0.2, 0.25) is 5.02 Å². The normalized spacial score (nSPS) is 15.5. The molecule has 1 aliphatic rings. The van der Waals surface area contributed by atoms with Gasteiger partial charge in [0.1, 0.15) is 0 Å². The van der Waals surface area contributed by atoms with Gasteiger partial charge in [0.15, 0.2) is 0 Å². The van der Waals surface area contributed by atoms with Crippen LogP contribution >= 0.6 is 11.6 Å². The van der Waals surface area contributed by atoms with E-state index in [1.54, 1.807) is 25.1 Å². The molecule has 1 N–H and O–H groups in total. The Balaban J connectivity index is 1.95. The van der Waals surface area contributed by atoms with Crippen LogP contribution < -0.4 is 5.43 Å². The van der Waals surface area contributed by atoms with E-state index in [0.29, 0.717) is 16.3 Å². The second-order valence-electron chi connectivity index (χ2n) is 4.67. The molecule has 1 heterocycles. The molecule has 1 saturated heterocycles. The Morgan fingerprint density at radius 3 is 2.62 bits per heavy atom. The summed E-state index contributed by atoms with van der Waals surface area (Å²) in [5.41, 5.74) is 3.22.